The fourth-order valence-electron chi connectivity index (χ4n) is 2.89. The summed E-state index contributed by atoms with van der Waals surface area (Å²) in [7, 11) is 0. The Morgan fingerprint density at radius 1 is 1.08 bits per heavy atom. The van der Waals surface area contributed by atoms with E-state index in [1.54, 1.807) is 15.3 Å². The first kappa shape index (κ1) is 16.0. The lowest BCUT2D eigenvalue weighted by Crippen LogP contribution is -2.29. The van der Waals surface area contributed by atoms with Crippen LogP contribution in [-0.2, 0) is 6.54 Å². The van der Waals surface area contributed by atoms with Gasteiger partial charge in [0.05, 0.1) is 17.9 Å². The summed E-state index contributed by atoms with van der Waals surface area (Å²) in [5.74, 6) is -0.140. The molecule has 0 fully saturated rings. The van der Waals surface area contributed by atoms with Crippen LogP contribution in [0.2, 0.25) is 0 Å². The second-order valence-corrected chi connectivity index (χ2v) is 5.91. The Kier molecular flexibility index (Phi) is 4.18. The molecule has 4 heterocycles. The molecule has 1 N–H and O–H groups in total. The number of nitrogens with one attached hydrogen (secondary N) is 1. The van der Waals surface area contributed by atoms with Crippen molar-refractivity contribution in [3.05, 3.63) is 72.4 Å². The fourth-order valence-corrected chi connectivity index (χ4v) is 2.89. The molecule has 26 heavy (non-hydrogen) atoms. The molecule has 1 amide bonds. The van der Waals surface area contributed by atoms with Crippen molar-refractivity contribution >= 4 is 11.6 Å². The first-order valence-corrected chi connectivity index (χ1v) is 8.39. The van der Waals surface area contributed by atoms with Crippen molar-refractivity contribution in [2.24, 2.45) is 0 Å². The van der Waals surface area contributed by atoms with Crippen LogP contribution in [0.15, 0.2) is 61.1 Å². The normalized spacial score (nSPS) is 11.0. The molecule has 0 atom stereocenters. The number of rotatable bonds is 5. The van der Waals surface area contributed by atoms with Crippen LogP contribution in [0, 0.1) is 6.92 Å². The maximum Gasteiger partial charge on any atom is 0.270 e. The Morgan fingerprint density at radius 3 is 2.81 bits per heavy atom. The highest BCUT2D eigenvalue weighted by atomic mass is 16.1. The van der Waals surface area contributed by atoms with Gasteiger partial charge in [0.1, 0.15) is 17.0 Å². The van der Waals surface area contributed by atoms with Gasteiger partial charge in [0.15, 0.2) is 0 Å². The molecule has 0 radical (unpaired) electrons. The number of pyridine rings is 2. The van der Waals surface area contributed by atoms with Crippen molar-refractivity contribution in [3.63, 3.8) is 0 Å². The number of aromatic nitrogens is 5. The van der Waals surface area contributed by atoms with Crippen LogP contribution < -0.4 is 5.32 Å². The molecule has 0 saturated carbocycles. The van der Waals surface area contributed by atoms with Crippen LogP contribution >= 0.6 is 0 Å². The molecule has 130 valence electrons. The van der Waals surface area contributed by atoms with Gasteiger partial charge in [-0.15, -0.1) is 0 Å². The molecule has 0 aliphatic carbocycles. The summed E-state index contributed by atoms with van der Waals surface area (Å²) in [6.07, 6.45) is 5.47. The van der Waals surface area contributed by atoms with Gasteiger partial charge in [-0.3, -0.25) is 18.9 Å². The van der Waals surface area contributed by atoms with E-state index >= 15 is 0 Å². The lowest BCUT2D eigenvalue weighted by molar-refractivity contribution is 0.0945. The molecule has 0 aliphatic rings. The average molecular weight is 346 g/mol. The monoisotopic (exact) mass is 346 g/mol. The van der Waals surface area contributed by atoms with Gasteiger partial charge in [-0.2, -0.15) is 5.10 Å². The van der Waals surface area contributed by atoms with Gasteiger partial charge in [-0.25, -0.2) is 4.98 Å². The van der Waals surface area contributed by atoms with Gasteiger partial charge in [0, 0.05) is 25.1 Å². The molecule has 0 unspecified atom stereocenters. The van der Waals surface area contributed by atoms with Crippen molar-refractivity contribution in [1.82, 2.24) is 29.5 Å². The lowest BCUT2D eigenvalue weighted by Gasteiger charge is -2.06. The van der Waals surface area contributed by atoms with E-state index < -0.39 is 0 Å². The minimum Gasteiger partial charge on any atom is -0.349 e. The summed E-state index contributed by atoms with van der Waals surface area (Å²) >= 11 is 0. The topological polar surface area (TPSA) is 77.1 Å². The zero-order valence-corrected chi connectivity index (χ0v) is 14.3. The summed E-state index contributed by atoms with van der Waals surface area (Å²) < 4.78 is 3.60. The molecule has 7 heteroatoms. The number of hydrogen-bond acceptors (Lipinski definition) is 4. The van der Waals surface area contributed by atoms with Gasteiger partial charge in [0.25, 0.3) is 5.91 Å². The number of carbonyl (C=O) groups is 1. The second-order valence-electron chi connectivity index (χ2n) is 5.91. The summed E-state index contributed by atoms with van der Waals surface area (Å²) in [6, 6.07) is 13.3. The molecule has 4 aromatic heterocycles. The summed E-state index contributed by atoms with van der Waals surface area (Å²) in [5.41, 5.74) is 3.69. The number of aryl methyl sites for hydroxylation is 1. The number of hydrogen-bond donors (Lipinski definition) is 1. The Morgan fingerprint density at radius 2 is 1.96 bits per heavy atom. The van der Waals surface area contributed by atoms with Gasteiger partial charge in [-0.05, 0) is 37.3 Å². The van der Waals surface area contributed by atoms with Crippen LogP contribution in [0.1, 0.15) is 16.2 Å². The van der Waals surface area contributed by atoms with E-state index in [4.69, 9.17) is 0 Å². The minimum atomic E-state index is -0.140. The van der Waals surface area contributed by atoms with Gasteiger partial charge >= 0.3 is 0 Å². The fraction of sp³-hybridized carbons (Fsp3) is 0.158. The van der Waals surface area contributed by atoms with Crippen molar-refractivity contribution in [2.45, 2.75) is 13.5 Å². The van der Waals surface area contributed by atoms with E-state index in [1.165, 1.54) is 0 Å². The zero-order chi connectivity index (χ0) is 17.9. The Hall–Kier alpha value is -3.48. The molecule has 7 nitrogen and oxygen atoms in total. The summed E-state index contributed by atoms with van der Waals surface area (Å²) in [6.45, 7) is 2.89. The van der Waals surface area contributed by atoms with Crippen molar-refractivity contribution in [3.8, 4) is 11.4 Å². The van der Waals surface area contributed by atoms with Gasteiger partial charge < -0.3 is 5.32 Å². The molecular formula is C19H18N6O. The van der Waals surface area contributed by atoms with E-state index in [0.29, 0.717) is 24.5 Å². The minimum absolute atomic E-state index is 0.140. The quantitative estimate of drug-likeness (QED) is 0.602. The Labute approximate surface area is 150 Å². The smallest absolute Gasteiger partial charge is 0.270 e. The number of amides is 1. The van der Waals surface area contributed by atoms with E-state index in [-0.39, 0.29) is 5.91 Å². The van der Waals surface area contributed by atoms with E-state index in [0.717, 1.165) is 17.0 Å². The number of fused-ring (bicyclic) bond motifs is 1. The predicted octanol–water partition coefficient (Wildman–Crippen LogP) is 2.33. The maximum atomic E-state index is 12.5. The highest BCUT2D eigenvalue weighted by Gasteiger charge is 2.15. The van der Waals surface area contributed by atoms with E-state index in [1.807, 2.05) is 61.8 Å². The van der Waals surface area contributed by atoms with Crippen LogP contribution in [0.3, 0.4) is 0 Å². The van der Waals surface area contributed by atoms with Crippen LogP contribution in [0.5, 0.6) is 0 Å². The summed E-state index contributed by atoms with van der Waals surface area (Å²) in [5, 5.41) is 7.43. The highest BCUT2D eigenvalue weighted by molar-refractivity contribution is 5.94. The zero-order valence-electron chi connectivity index (χ0n) is 14.3. The number of nitrogens with zero attached hydrogens (tertiary/aromatic N) is 5. The van der Waals surface area contributed by atoms with Crippen molar-refractivity contribution in [1.29, 1.82) is 0 Å². The summed E-state index contributed by atoms with van der Waals surface area (Å²) in [4.78, 5) is 21.2. The molecule has 4 aromatic rings. The van der Waals surface area contributed by atoms with Crippen molar-refractivity contribution in [2.75, 3.05) is 6.54 Å². The second kappa shape index (κ2) is 6.79. The highest BCUT2D eigenvalue weighted by Crippen LogP contribution is 2.13. The lowest BCUT2D eigenvalue weighted by atomic mass is 10.3. The standard InChI is InChI=1S/C19H18N6O/c1-14-18(25-11-5-3-7-17(25)22-14)19(26)21-10-13-24-12-8-16(23-24)15-6-2-4-9-20-15/h2-9,11-12H,10,13H2,1H3,(H,21,26). The van der Waals surface area contributed by atoms with E-state index in [9.17, 15) is 4.79 Å². The first-order valence-electron chi connectivity index (χ1n) is 8.39. The number of carbonyl (C=O) groups excluding carboxylic acids is 1. The molecule has 0 aromatic carbocycles. The van der Waals surface area contributed by atoms with Crippen molar-refractivity contribution < 1.29 is 4.79 Å². The first-order chi connectivity index (χ1) is 12.7. The van der Waals surface area contributed by atoms with Crippen LogP contribution in [0.4, 0.5) is 0 Å². The van der Waals surface area contributed by atoms with Crippen LogP contribution in [0.25, 0.3) is 17.0 Å². The van der Waals surface area contributed by atoms with Crippen LogP contribution in [-0.4, -0.2) is 36.6 Å². The molecule has 0 aliphatic heterocycles. The molecule has 4 rings (SSSR count). The van der Waals surface area contributed by atoms with Gasteiger partial charge in [0.2, 0.25) is 0 Å². The molecule has 0 spiro atoms. The molecular weight excluding hydrogens is 328 g/mol. The Bertz CT molecular complexity index is 1050. The largest absolute Gasteiger partial charge is 0.349 e. The molecule has 0 bridgehead atoms. The maximum absolute atomic E-state index is 12.5. The number of imidazole rings is 1. The molecule has 0 saturated heterocycles. The third-order valence-electron chi connectivity index (χ3n) is 4.11. The Balaban J connectivity index is 1.41. The van der Waals surface area contributed by atoms with Gasteiger partial charge in [-0.1, -0.05) is 12.1 Å². The third kappa shape index (κ3) is 3.06. The average Bonchev–Trinajstić information content (AvgIpc) is 3.26. The third-order valence-corrected chi connectivity index (χ3v) is 4.11. The predicted molar refractivity (Wildman–Crippen MR) is 97.7 cm³/mol. The SMILES string of the molecule is Cc1nc2ccccn2c1C(=O)NCCn1ccc(-c2ccccn2)n1. The van der Waals surface area contributed by atoms with E-state index in [2.05, 4.69) is 20.4 Å².